The van der Waals surface area contributed by atoms with Crippen molar-refractivity contribution in [2.24, 2.45) is 45.1 Å². The number of nitrogens with one attached hydrogen (secondary N) is 7. The zero-order chi connectivity index (χ0) is 56.2. The maximum absolute atomic E-state index is 14.4. The number of aliphatic hydroxyl groups is 1. The molecule has 1 aliphatic heterocycles. The number of unbranched alkanes of at least 4 members (excludes halogenated alkanes) is 2. The van der Waals surface area contributed by atoms with Crippen molar-refractivity contribution in [2.45, 2.75) is 132 Å². The molecular weight excluding hydrogens is 991 g/mol. The van der Waals surface area contributed by atoms with Crippen molar-refractivity contribution in [2.75, 3.05) is 45.8 Å². The van der Waals surface area contributed by atoms with E-state index in [1.807, 2.05) is 0 Å². The number of carboxylic acid groups (broad SMARTS) is 1. The average Bonchev–Trinajstić information content (AvgIpc) is 3.86. The number of likely N-dealkylation sites (tertiary alicyclic amines) is 1. The minimum Gasteiger partial charge on any atom is -0.477 e. The molecule has 1 heterocycles. The standard InChI is InChI=1S/C46H76F2N16O11/c1-25(58-43(72)37(35(65)23-52)63-39(68)29(53)9-2-4-14-49)38(67)57-24-36(66)59-31(11-6-16-51)44(73)64-18-8-13-34(64)42(71)62-33(21-26-19-27(47)22-28(48)20-26)41(70)60-30(10-3-5-15-50)40(69)61-32(45(74)75)12-7-17-56-46(54)55/h12,19-20,22,25,29-31,33-35,37,65H,2-11,13-18,21,23-24,49-53H2,1H3,(H,57,67)(H,58,72)(H,59,66)(H,60,70)(H,61,69)(H,62,71)(H,63,68)(H,74,75)(H4,54,55,56)/b32-12-/t25-,29-,30-,31+,33?,34-,35-,37-/m0/s1. The summed E-state index contributed by atoms with van der Waals surface area (Å²) in [4.78, 5) is 125. The van der Waals surface area contributed by atoms with Gasteiger partial charge in [0.05, 0.1) is 18.7 Å². The molecule has 8 atom stereocenters. The van der Waals surface area contributed by atoms with E-state index in [4.69, 9.17) is 40.1 Å². The number of benzene rings is 1. The minimum atomic E-state index is -1.64. The number of halogens is 2. The summed E-state index contributed by atoms with van der Waals surface area (Å²) < 4.78 is 28.8. The van der Waals surface area contributed by atoms with Crippen molar-refractivity contribution in [3.63, 3.8) is 0 Å². The first-order valence-electron chi connectivity index (χ1n) is 24.6. The second kappa shape index (κ2) is 33.8. The van der Waals surface area contributed by atoms with E-state index >= 15 is 0 Å². The number of aliphatic hydroxyl groups excluding tert-OH is 1. The van der Waals surface area contributed by atoms with Gasteiger partial charge in [-0.25, -0.2) is 13.6 Å². The molecule has 1 fully saturated rings. The molecule has 1 unspecified atom stereocenters. The third kappa shape index (κ3) is 23.0. The number of nitrogens with zero attached hydrogens (tertiary/aromatic N) is 2. The molecule has 27 nitrogen and oxygen atoms in total. The van der Waals surface area contributed by atoms with E-state index in [0.717, 1.165) is 18.2 Å². The van der Waals surface area contributed by atoms with Crippen LogP contribution in [0.1, 0.15) is 83.1 Å². The Bertz CT molecular complexity index is 2150. The van der Waals surface area contributed by atoms with Crippen molar-refractivity contribution >= 4 is 59.2 Å². The lowest BCUT2D eigenvalue weighted by Crippen LogP contribution is -2.60. The van der Waals surface area contributed by atoms with E-state index in [1.165, 1.54) is 11.8 Å². The van der Waals surface area contributed by atoms with Gasteiger partial charge in [0, 0.05) is 32.1 Å². The smallest absolute Gasteiger partial charge is 0.352 e. The Hall–Kier alpha value is -6.92. The summed E-state index contributed by atoms with van der Waals surface area (Å²) in [7, 11) is 0. The Morgan fingerprint density at radius 3 is 1.99 bits per heavy atom. The molecule has 8 amide bonds. The number of hydrogen-bond acceptors (Lipinski definition) is 16. The molecular formula is C46H76F2N16O11. The highest BCUT2D eigenvalue weighted by molar-refractivity contribution is 5.99. The van der Waals surface area contributed by atoms with Crippen LogP contribution in [0, 0.1) is 11.6 Å². The number of hydrogen-bond donors (Lipinski definition) is 16. The largest absolute Gasteiger partial charge is 0.477 e. The van der Waals surface area contributed by atoms with Crippen molar-refractivity contribution in [3.05, 3.63) is 47.2 Å². The van der Waals surface area contributed by atoms with Crippen molar-refractivity contribution in [1.29, 1.82) is 0 Å². The van der Waals surface area contributed by atoms with Crippen molar-refractivity contribution in [1.82, 2.24) is 42.1 Å². The van der Waals surface area contributed by atoms with E-state index in [9.17, 15) is 62.1 Å². The fourth-order valence-corrected chi connectivity index (χ4v) is 7.68. The third-order valence-corrected chi connectivity index (χ3v) is 11.7. The summed E-state index contributed by atoms with van der Waals surface area (Å²) in [6, 6.07) is -7.07. The predicted octanol–water partition coefficient (Wildman–Crippen LogP) is -5.55. The quantitative estimate of drug-likeness (QED) is 0.0132. The monoisotopic (exact) mass is 1070 g/mol. The molecule has 1 saturated heterocycles. The molecule has 23 N–H and O–H groups in total. The van der Waals surface area contributed by atoms with Crippen LogP contribution in [0.2, 0.25) is 0 Å². The maximum atomic E-state index is 14.4. The highest BCUT2D eigenvalue weighted by Crippen LogP contribution is 2.21. The highest BCUT2D eigenvalue weighted by atomic mass is 19.1. The lowest BCUT2D eigenvalue weighted by Gasteiger charge is -2.30. The molecule has 29 heteroatoms. The summed E-state index contributed by atoms with van der Waals surface area (Å²) >= 11 is 0. The van der Waals surface area contributed by atoms with Crippen LogP contribution >= 0.6 is 0 Å². The fraction of sp³-hybridized carbons (Fsp3) is 0.609. The van der Waals surface area contributed by atoms with Crippen LogP contribution < -0.4 is 77.4 Å². The number of aliphatic carboxylic acids is 1. The van der Waals surface area contributed by atoms with Gasteiger partial charge in [0.2, 0.25) is 47.3 Å². The first-order chi connectivity index (χ1) is 35.6. The van der Waals surface area contributed by atoms with Gasteiger partial charge in [0.15, 0.2) is 5.96 Å². The van der Waals surface area contributed by atoms with Gasteiger partial charge in [0.25, 0.3) is 0 Å². The number of guanidine groups is 1. The third-order valence-electron chi connectivity index (χ3n) is 11.7. The van der Waals surface area contributed by atoms with Gasteiger partial charge in [0.1, 0.15) is 53.6 Å². The van der Waals surface area contributed by atoms with Crippen LogP contribution in [0.15, 0.2) is 35.0 Å². The van der Waals surface area contributed by atoms with E-state index in [0.29, 0.717) is 31.9 Å². The Morgan fingerprint density at radius 1 is 0.760 bits per heavy atom. The number of carbonyl (C=O) groups excluding carboxylic acids is 8. The second-order valence-electron chi connectivity index (χ2n) is 17.8. The maximum Gasteiger partial charge on any atom is 0.352 e. The molecule has 1 aromatic carbocycles. The van der Waals surface area contributed by atoms with Crippen LogP contribution in [0.4, 0.5) is 8.78 Å². The summed E-state index contributed by atoms with van der Waals surface area (Å²) in [5.41, 5.74) is 38.3. The molecule has 0 radical (unpaired) electrons. The van der Waals surface area contributed by atoms with Gasteiger partial charge in [-0.2, -0.15) is 0 Å². The molecule has 0 aromatic heterocycles. The zero-order valence-corrected chi connectivity index (χ0v) is 42.1. The lowest BCUT2D eigenvalue weighted by molar-refractivity contribution is -0.142. The van der Waals surface area contributed by atoms with Crippen LogP contribution in [0.25, 0.3) is 0 Å². The second-order valence-corrected chi connectivity index (χ2v) is 17.8. The van der Waals surface area contributed by atoms with Crippen LogP contribution in [0.3, 0.4) is 0 Å². The Kier molecular flexibility index (Phi) is 28.9. The van der Waals surface area contributed by atoms with Crippen LogP contribution in [-0.4, -0.2) is 169 Å². The molecule has 1 aliphatic rings. The molecule has 0 spiro atoms. The van der Waals surface area contributed by atoms with Gasteiger partial charge in [-0.15, -0.1) is 0 Å². The van der Waals surface area contributed by atoms with Crippen molar-refractivity contribution < 1.29 is 62.1 Å². The number of carboxylic acids is 1. The number of aliphatic imine (C=N–C) groups is 1. The van der Waals surface area contributed by atoms with Crippen LogP contribution in [0.5, 0.6) is 0 Å². The van der Waals surface area contributed by atoms with Crippen LogP contribution in [-0.2, 0) is 49.6 Å². The van der Waals surface area contributed by atoms with E-state index < -0.39 is 138 Å². The summed E-state index contributed by atoms with van der Waals surface area (Å²) in [5, 5.41) is 37.1. The Labute approximate surface area is 433 Å². The molecule has 2 rings (SSSR count). The Morgan fingerprint density at radius 2 is 1.39 bits per heavy atom. The number of nitrogens with two attached hydrogens (primary N) is 7. The number of carbonyl (C=O) groups is 9. The predicted molar refractivity (Wildman–Crippen MR) is 269 cm³/mol. The molecule has 0 bridgehead atoms. The number of rotatable bonds is 34. The molecule has 420 valence electrons. The first kappa shape index (κ1) is 64.2. The van der Waals surface area contributed by atoms with Gasteiger partial charge >= 0.3 is 5.97 Å². The SMILES string of the molecule is C[C@H](NC(=O)[C@@H](NC(=O)[C@@H](N)CCCCN)[C@@H](O)CN)C(=O)NCC(=O)N[C@H](CCCN)C(=O)N1CCC[C@H]1C(=O)NC(Cc1cc(F)cc(F)c1)C(=O)N[C@@H](CCCCN)C(=O)N/C(=C\CCN=C(N)N)C(=O)O. The summed E-state index contributed by atoms with van der Waals surface area (Å²) in [6.45, 7) is 0.827. The van der Waals surface area contributed by atoms with Gasteiger partial charge in [-0.05, 0) is 108 Å². The molecule has 0 aliphatic carbocycles. The van der Waals surface area contributed by atoms with Gasteiger partial charge in [-0.1, -0.05) is 12.5 Å². The normalized spacial score (nSPS) is 16.1. The fourth-order valence-electron chi connectivity index (χ4n) is 7.68. The van der Waals surface area contributed by atoms with Gasteiger partial charge in [-0.3, -0.25) is 43.3 Å². The van der Waals surface area contributed by atoms with E-state index in [-0.39, 0.29) is 89.1 Å². The molecule has 1 aromatic rings. The average molecular weight is 1070 g/mol. The summed E-state index contributed by atoms with van der Waals surface area (Å²) in [6.07, 6.45) is 1.66. The van der Waals surface area contributed by atoms with E-state index in [1.54, 1.807) is 0 Å². The van der Waals surface area contributed by atoms with E-state index in [2.05, 4.69) is 42.2 Å². The summed E-state index contributed by atoms with van der Waals surface area (Å²) in [5.74, 6) is -10.8. The zero-order valence-electron chi connectivity index (χ0n) is 42.1. The van der Waals surface area contributed by atoms with Gasteiger partial charge < -0.3 is 92.5 Å². The molecule has 0 saturated carbocycles. The topological polar surface area (TPSA) is 476 Å². The molecule has 75 heavy (non-hydrogen) atoms. The minimum absolute atomic E-state index is 0.00608. The highest BCUT2D eigenvalue weighted by Gasteiger charge is 2.40. The van der Waals surface area contributed by atoms with Crippen molar-refractivity contribution in [3.8, 4) is 0 Å². The first-order valence-corrected chi connectivity index (χ1v) is 24.6. The lowest BCUT2D eigenvalue weighted by atomic mass is 10.0. The number of amides is 8. The Balaban J connectivity index is 2.28.